The van der Waals surface area contributed by atoms with E-state index in [0.717, 1.165) is 12.8 Å². The molecule has 3 aromatic rings. The molecule has 0 spiro atoms. The molecule has 4 rings (SSSR count). The highest BCUT2D eigenvalue weighted by molar-refractivity contribution is 7.89. The molecule has 7 nitrogen and oxygen atoms in total. The molecule has 0 aliphatic carbocycles. The van der Waals surface area contributed by atoms with Crippen LogP contribution < -0.4 is 4.74 Å². The Balaban J connectivity index is 1.49. The second kappa shape index (κ2) is 9.15. The summed E-state index contributed by atoms with van der Waals surface area (Å²) in [7, 11) is -3.69. The summed E-state index contributed by atoms with van der Waals surface area (Å²) >= 11 is 0. The molecular formula is C22H24FN3O4S. The summed E-state index contributed by atoms with van der Waals surface area (Å²) in [5.41, 5.74) is 0.276. The fourth-order valence-electron chi connectivity index (χ4n) is 3.83. The van der Waals surface area contributed by atoms with Crippen molar-refractivity contribution in [2.75, 3.05) is 19.7 Å². The van der Waals surface area contributed by atoms with Gasteiger partial charge in [-0.2, -0.15) is 9.29 Å². The SMILES string of the molecule is CCOc1ccccc1S(=O)(=O)N1CCC[C@H](Cc2nc(-c3ccccc3F)no2)C1. The Morgan fingerprint density at radius 2 is 1.97 bits per heavy atom. The molecule has 0 amide bonds. The maximum Gasteiger partial charge on any atom is 0.246 e. The quantitative estimate of drug-likeness (QED) is 0.548. The molecule has 0 unspecified atom stereocenters. The van der Waals surface area contributed by atoms with E-state index in [1.165, 1.54) is 10.4 Å². The number of hydrogen-bond donors (Lipinski definition) is 0. The van der Waals surface area contributed by atoms with E-state index in [-0.39, 0.29) is 22.2 Å². The van der Waals surface area contributed by atoms with Gasteiger partial charge in [0, 0.05) is 19.5 Å². The summed E-state index contributed by atoms with van der Waals surface area (Å²) in [5.74, 6) is 0.532. The topological polar surface area (TPSA) is 85.5 Å². The molecule has 0 radical (unpaired) electrons. The van der Waals surface area contributed by atoms with Crippen molar-refractivity contribution in [3.63, 3.8) is 0 Å². The summed E-state index contributed by atoms with van der Waals surface area (Å²) < 4.78 is 52.8. The van der Waals surface area contributed by atoms with Gasteiger partial charge in [-0.3, -0.25) is 0 Å². The maximum atomic E-state index is 14.0. The first-order valence-corrected chi connectivity index (χ1v) is 11.7. The van der Waals surface area contributed by atoms with Gasteiger partial charge in [-0.05, 0) is 49.9 Å². The second-order valence-corrected chi connectivity index (χ2v) is 9.35. The third-order valence-corrected chi connectivity index (χ3v) is 7.20. The first kappa shape index (κ1) is 21.5. The van der Waals surface area contributed by atoms with Gasteiger partial charge in [-0.15, -0.1) is 0 Å². The predicted molar refractivity (Wildman–Crippen MR) is 112 cm³/mol. The van der Waals surface area contributed by atoms with Crippen molar-refractivity contribution in [3.05, 3.63) is 60.2 Å². The normalized spacial score (nSPS) is 17.5. The van der Waals surface area contributed by atoms with Crippen LogP contribution in [0, 0.1) is 11.7 Å². The van der Waals surface area contributed by atoms with Crippen LogP contribution in [0.4, 0.5) is 4.39 Å². The van der Waals surface area contributed by atoms with Crippen molar-refractivity contribution < 1.29 is 22.1 Å². The number of ether oxygens (including phenoxy) is 1. The lowest BCUT2D eigenvalue weighted by Gasteiger charge is -2.31. The number of aromatic nitrogens is 2. The van der Waals surface area contributed by atoms with Gasteiger partial charge in [0.25, 0.3) is 0 Å². The van der Waals surface area contributed by atoms with Crippen LogP contribution in [-0.4, -0.2) is 42.6 Å². The van der Waals surface area contributed by atoms with Gasteiger partial charge in [-0.1, -0.05) is 29.4 Å². The van der Waals surface area contributed by atoms with Gasteiger partial charge in [-0.25, -0.2) is 12.8 Å². The van der Waals surface area contributed by atoms with Crippen LogP contribution in [0.5, 0.6) is 5.75 Å². The van der Waals surface area contributed by atoms with Crippen LogP contribution in [0.3, 0.4) is 0 Å². The Bertz CT molecular complexity index is 1150. The van der Waals surface area contributed by atoms with E-state index in [1.54, 1.807) is 42.5 Å². The highest BCUT2D eigenvalue weighted by Crippen LogP contribution is 2.31. The van der Waals surface area contributed by atoms with E-state index in [4.69, 9.17) is 9.26 Å². The van der Waals surface area contributed by atoms with E-state index in [2.05, 4.69) is 10.1 Å². The van der Waals surface area contributed by atoms with Gasteiger partial charge in [0.1, 0.15) is 16.5 Å². The summed E-state index contributed by atoms with van der Waals surface area (Å²) in [5, 5.41) is 3.89. The number of hydrogen-bond acceptors (Lipinski definition) is 6. The lowest BCUT2D eigenvalue weighted by atomic mass is 9.96. The van der Waals surface area contributed by atoms with Crippen LogP contribution in [0.2, 0.25) is 0 Å². The van der Waals surface area contributed by atoms with E-state index in [1.807, 2.05) is 6.92 Å². The van der Waals surface area contributed by atoms with E-state index in [0.29, 0.717) is 37.8 Å². The number of halogens is 1. The average Bonchev–Trinajstić information content (AvgIpc) is 3.23. The molecule has 1 fully saturated rings. The number of para-hydroxylation sites is 1. The molecule has 2 heterocycles. The number of benzene rings is 2. The van der Waals surface area contributed by atoms with Gasteiger partial charge in [0.05, 0.1) is 12.2 Å². The largest absolute Gasteiger partial charge is 0.492 e. The van der Waals surface area contributed by atoms with Crippen LogP contribution in [-0.2, 0) is 16.4 Å². The van der Waals surface area contributed by atoms with Crippen LogP contribution >= 0.6 is 0 Å². The number of piperidine rings is 1. The Hall–Kier alpha value is -2.78. The number of rotatable bonds is 7. The van der Waals surface area contributed by atoms with Crippen molar-refractivity contribution >= 4 is 10.0 Å². The monoisotopic (exact) mass is 445 g/mol. The molecular weight excluding hydrogens is 421 g/mol. The molecule has 2 aromatic carbocycles. The third kappa shape index (κ3) is 4.62. The van der Waals surface area contributed by atoms with E-state index in [9.17, 15) is 12.8 Å². The maximum absolute atomic E-state index is 14.0. The number of sulfonamides is 1. The van der Waals surface area contributed by atoms with Crippen LogP contribution in [0.15, 0.2) is 57.9 Å². The molecule has 0 N–H and O–H groups in total. The Labute approximate surface area is 180 Å². The fourth-order valence-corrected chi connectivity index (χ4v) is 5.51. The first-order chi connectivity index (χ1) is 15.0. The number of nitrogens with zero attached hydrogens (tertiary/aromatic N) is 3. The lowest BCUT2D eigenvalue weighted by Crippen LogP contribution is -2.40. The van der Waals surface area contributed by atoms with Crippen molar-refractivity contribution in [1.82, 2.24) is 14.4 Å². The summed E-state index contributed by atoms with van der Waals surface area (Å²) in [6, 6.07) is 12.9. The van der Waals surface area contributed by atoms with Gasteiger partial charge in [0.15, 0.2) is 0 Å². The molecule has 31 heavy (non-hydrogen) atoms. The van der Waals surface area contributed by atoms with Crippen molar-refractivity contribution in [2.24, 2.45) is 5.92 Å². The zero-order valence-electron chi connectivity index (χ0n) is 17.2. The summed E-state index contributed by atoms with van der Waals surface area (Å²) in [6.07, 6.45) is 2.01. The average molecular weight is 446 g/mol. The summed E-state index contributed by atoms with van der Waals surface area (Å²) in [4.78, 5) is 4.49. The first-order valence-electron chi connectivity index (χ1n) is 10.3. The molecule has 1 aromatic heterocycles. The van der Waals surface area contributed by atoms with E-state index >= 15 is 0 Å². The minimum absolute atomic E-state index is 0.0247. The van der Waals surface area contributed by atoms with Crippen LogP contribution in [0.1, 0.15) is 25.7 Å². The van der Waals surface area contributed by atoms with Crippen molar-refractivity contribution in [2.45, 2.75) is 31.1 Å². The molecule has 0 bridgehead atoms. The highest BCUT2D eigenvalue weighted by atomic mass is 32.2. The molecule has 164 valence electrons. The lowest BCUT2D eigenvalue weighted by molar-refractivity contribution is 0.246. The minimum atomic E-state index is -3.69. The standard InChI is InChI=1S/C22H24FN3O4S/c1-2-29-19-11-5-6-12-20(19)31(27,28)26-13-7-8-16(15-26)14-21-24-22(25-30-21)17-9-3-4-10-18(17)23/h3-6,9-12,16H,2,7-8,13-15H2,1H3/t16-/m1/s1. The zero-order valence-corrected chi connectivity index (χ0v) is 18.0. The molecule has 1 aliphatic rings. The molecule has 1 aliphatic heterocycles. The summed E-state index contributed by atoms with van der Waals surface area (Å²) in [6.45, 7) is 3.00. The third-order valence-electron chi connectivity index (χ3n) is 5.29. The van der Waals surface area contributed by atoms with Crippen LogP contribution in [0.25, 0.3) is 11.4 Å². The molecule has 1 atom stereocenters. The van der Waals surface area contributed by atoms with Gasteiger partial charge < -0.3 is 9.26 Å². The Morgan fingerprint density at radius 3 is 2.77 bits per heavy atom. The Morgan fingerprint density at radius 1 is 1.19 bits per heavy atom. The molecule has 9 heteroatoms. The Kier molecular flexibility index (Phi) is 6.33. The minimum Gasteiger partial charge on any atom is -0.492 e. The molecule has 0 saturated carbocycles. The van der Waals surface area contributed by atoms with Crippen molar-refractivity contribution in [1.29, 1.82) is 0 Å². The highest BCUT2D eigenvalue weighted by Gasteiger charge is 2.33. The second-order valence-electron chi connectivity index (χ2n) is 7.45. The van der Waals surface area contributed by atoms with Gasteiger partial charge in [0.2, 0.25) is 21.7 Å². The molecule has 1 saturated heterocycles. The van der Waals surface area contributed by atoms with Gasteiger partial charge >= 0.3 is 0 Å². The smallest absolute Gasteiger partial charge is 0.246 e. The zero-order chi connectivity index (χ0) is 21.8. The predicted octanol–water partition coefficient (Wildman–Crippen LogP) is 3.92. The fraction of sp³-hybridized carbons (Fsp3) is 0.364. The van der Waals surface area contributed by atoms with Crippen molar-refractivity contribution in [3.8, 4) is 17.1 Å². The van der Waals surface area contributed by atoms with E-state index < -0.39 is 15.8 Å².